The largest absolute Gasteiger partial charge is 0.357 e. The van der Waals surface area contributed by atoms with Crippen molar-refractivity contribution in [2.45, 2.75) is 25.9 Å². The van der Waals surface area contributed by atoms with Crippen molar-refractivity contribution in [3.63, 3.8) is 0 Å². The van der Waals surface area contributed by atoms with Crippen LogP contribution >= 0.6 is 15.9 Å². The number of benzene rings is 3. The van der Waals surface area contributed by atoms with E-state index in [1.165, 1.54) is 24.1 Å². The molecule has 0 saturated heterocycles. The van der Waals surface area contributed by atoms with Crippen molar-refractivity contribution in [2.24, 2.45) is 0 Å². The summed E-state index contributed by atoms with van der Waals surface area (Å²) in [6.45, 7) is 0.968. The smallest absolute Gasteiger partial charge is 0.271 e. The molecule has 3 aromatic rings. The number of nitrogens with zero attached hydrogens (tertiary/aromatic N) is 3. The van der Waals surface area contributed by atoms with Gasteiger partial charge in [0.05, 0.1) is 16.9 Å². The fourth-order valence-electron chi connectivity index (χ4n) is 4.13. The molecule has 12 heteroatoms. The number of non-ortho nitro benzene ring substituents is 1. The number of carbonyl (C=O) groups is 2. The first kappa shape index (κ1) is 29.8. The second kappa shape index (κ2) is 12.9. The molecule has 0 heterocycles. The number of sulfonamides is 1. The monoisotopic (exact) mass is 616 g/mol. The molecule has 0 aromatic heterocycles. The van der Waals surface area contributed by atoms with Gasteiger partial charge in [-0.25, -0.2) is 8.42 Å². The van der Waals surface area contributed by atoms with E-state index in [4.69, 9.17) is 0 Å². The Kier molecular flexibility index (Phi) is 9.81. The molecule has 2 amide bonds. The average molecular weight is 618 g/mol. The second-order valence-electron chi connectivity index (χ2n) is 8.97. The molecular weight excluding hydrogens is 588 g/mol. The maximum atomic E-state index is 13.9. The molecule has 3 aromatic carbocycles. The van der Waals surface area contributed by atoms with Crippen LogP contribution in [-0.4, -0.2) is 55.9 Å². The molecule has 0 spiro atoms. The van der Waals surface area contributed by atoms with E-state index in [-0.39, 0.29) is 24.3 Å². The Hall–Kier alpha value is -3.77. The van der Waals surface area contributed by atoms with Crippen LogP contribution in [0.3, 0.4) is 0 Å². The van der Waals surface area contributed by atoms with Crippen LogP contribution in [0, 0.1) is 17.0 Å². The summed E-state index contributed by atoms with van der Waals surface area (Å²) >= 11 is 3.42. The Labute approximate surface area is 236 Å². The number of nitro groups is 1. The summed E-state index contributed by atoms with van der Waals surface area (Å²) in [5.41, 5.74) is 1.67. The average Bonchev–Trinajstić information content (AvgIpc) is 2.89. The molecule has 0 bridgehead atoms. The fraction of sp³-hybridized carbons (Fsp3) is 0.259. The molecule has 1 atom stereocenters. The molecule has 1 unspecified atom stereocenters. The summed E-state index contributed by atoms with van der Waals surface area (Å²) in [4.78, 5) is 39.2. The summed E-state index contributed by atoms with van der Waals surface area (Å²) in [6, 6.07) is 19.3. The van der Waals surface area contributed by atoms with Gasteiger partial charge in [-0.1, -0.05) is 64.5 Å². The van der Waals surface area contributed by atoms with Gasteiger partial charge >= 0.3 is 0 Å². The highest BCUT2D eigenvalue weighted by Crippen LogP contribution is 2.28. The predicted molar refractivity (Wildman–Crippen MR) is 153 cm³/mol. The summed E-state index contributed by atoms with van der Waals surface area (Å²) < 4.78 is 27.4. The summed E-state index contributed by atoms with van der Waals surface area (Å²) in [5.74, 6) is -1.06. The molecule has 3 rings (SSSR count). The molecule has 10 nitrogen and oxygen atoms in total. The van der Waals surface area contributed by atoms with Gasteiger partial charge in [0.25, 0.3) is 5.69 Å². The maximum Gasteiger partial charge on any atom is 0.271 e. The van der Waals surface area contributed by atoms with Gasteiger partial charge < -0.3 is 10.2 Å². The van der Waals surface area contributed by atoms with Crippen LogP contribution in [0.25, 0.3) is 0 Å². The highest BCUT2D eigenvalue weighted by molar-refractivity contribution is 9.10. The Morgan fingerprint density at radius 1 is 1.03 bits per heavy atom. The summed E-state index contributed by atoms with van der Waals surface area (Å²) in [5, 5.41) is 14.0. The highest BCUT2D eigenvalue weighted by atomic mass is 79.9. The lowest BCUT2D eigenvalue weighted by atomic mass is 10.0. The lowest BCUT2D eigenvalue weighted by Crippen LogP contribution is -2.53. The molecular formula is C27H29BrN4O6S. The molecule has 1 N–H and O–H groups in total. The fourth-order valence-corrected chi connectivity index (χ4v) is 5.47. The number of carbonyl (C=O) groups excluding carboxylic acids is 2. The first-order chi connectivity index (χ1) is 18.4. The Morgan fingerprint density at radius 2 is 1.69 bits per heavy atom. The Bertz CT molecular complexity index is 1470. The van der Waals surface area contributed by atoms with Crippen LogP contribution in [0.2, 0.25) is 0 Å². The first-order valence-electron chi connectivity index (χ1n) is 11.9. The minimum absolute atomic E-state index is 0.0157. The molecule has 0 aliphatic carbocycles. The van der Waals surface area contributed by atoms with Gasteiger partial charge in [-0.2, -0.15) is 0 Å². The number of anilines is 1. The number of hydrogen-bond donors (Lipinski definition) is 1. The zero-order valence-corrected chi connectivity index (χ0v) is 24.1. The predicted octanol–water partition coefficient (Wildman–Crippen LogP) is 3.82. The molecule has 0 aliphatic rings. The van der Waals surface area contributed by atoms with E-state index >= 15 is 0 Å². The number of rotatable bonds is 11. The summed E-state index contributed by atoms with van der Waals surface area (Å²) in [6.07, 6.45) is 1.12. The van der Waals surface area contributed by atoms with Crippen molar-refractivity contribution in [2.75, 3.05) is 24.2 Å². The Balaban J connectivity index is 2.08. The van der Waals surface area contributed by atoms with Crippen molar-refractivity contribution in [1.29, 1.82) is 0 Å². The van der Waals surface area contributed by atoms with Gasteiger partial charge in [0.2, 0.25) is 21.8 Å². The molecule has 206 valence electrons. The van der Waals surface area contributed by atoms with E-state index in [0.29, 0.717) is 5.56 Å². The van der Waals surface area contributed by atoms with Crippen molar-refractivity contribution in [3.8, 4) is 0 Å². The number of nitro benzene ring substituents is 1. The molecule has 0 radical (unpaired) electrons. The van der Waals surface area contributed by atoms with Crippen LogP contribution in [0.1, 0.15) is 16.7 Å². The lowest BCUT2D eigenvalue weighted by molar-refractivity contribution is -0.384. The van der Waals surface area contributed by atoms with Crippen molar-refractivity contribution >= 4 is 49.1 Å². The number of amides is 2. The standard InChI is InChI=1S/C27H29BrN4O6S/c1-19-12-13-23(32(35)36)16-24(19)31(39(3,37)38)18-26(33)30(17-21-10-7-11-22(28)14-21)25(27(34)29-2)15-20-8-5-4-6-9-20/h4-14,16,25H,15,17-18H2,1-3H3,(H,29,34). The third-order valence-electron chi connectivity index (χ3n) is 6.11. The van der Waals surface area contributed by atoms with Crippen LogP contribution in [0.15, 0.2) is 77.3 Å². The van der Waals surface area contributed by atoms with Crippen molar-refractivity contribution < 1.29 is 22.9 Å². The normalized spacial score (nSPS) is 11.9. The van der Waals surface area contributed by atoms with Crippen LogP contribution in [0.5, 0.6) is 0 Å². The quantitative estimate of drug-likeness (QED) is 0.257. The minimum atomic E-state index is -4.05. The van der Waals surface area contributed by atoms with Gasteiger partial charge in [0.1, 0.15) is 12.6 Å². The first-order valence-corrected chi connectivity index (χ1v) is 14.6. The second-order valence-corrected chi connectivity index (χ2v) is 11.8. The van der Waals surface area contributed by atoms with Crippen LogP contribution in [-0.2, 0) is 32.6 Å². The van der Waals surface area contributed by atoms with E-state index in [1.807, 2.05) is 42.5 Å². The number of halogens is 1. The van der Waals surface area contributed by atoms with Crippen molar-refractivity contribution in [3.05, 3.63) is 104 Å². The van der Waals surface area contributed by atoms with Gasteiger partial charge in [-0.15, -0.1) is 0 Å². The third kappa shape index (κ3) is 7.87. The number of aryl methyl sites for hydroxylation is 1. The third-order valence-corrected chi connectivity index (χ3v) is 7.73. The van der Waals surface area contributed by atoms with Crippen LogP contribution in [0.4, 0.5) is 11.4 Å². The van der Waals surface area contributed by atoms with Crippen LogP contribution < -0.4 is 9.62 Å². The van der Waals surface area contributed by atoms with Gasteiger partial charge in [-0.3, -0.25) is 24.0 Å². The SMILES string of the molecule is CNC(=O)C(Cc1ccccc1)N(Cc1cccc(Br)c1)C(=O)CN(c1cc([N+](=O)[O-])ccc1C)S(C)(=O)=O. The Morgan fingerprint density at radius 3 is 2.28 bits per heavy atom. The minimum Gasteiger partial charge on any atom is -0.357 e. The van der Waals surface area contributed by atoms with Gasteiger partial charge in [-0.05, 0) is 35.7 Å². The highest BCUT2D eigenvalue weighted by Gasteiger charge is 2.33. The van der Waals surface area contributed by atoms with Crippen molar-refractivity contribution in [1.82, 2.24) is 10.2 Å². The lowest BCUT2D eigenvalue weighted by Gasteiger charge is -2.33. The molecule has 0 fully saturated rings. The van der Waals surface area contributed by atoms with Gasteiger partial charge in [0.15, 0.2) is 0 Å². The van der Waals surface area contributed by atoms with E-state index < -0.39 is 39.3 Å². The van der Waals surface area contributed by atoms with E-state index in [1.54, 1.807) is 19.1 Å². The number of nitrogens with one attached hydrogen (secondary N) is 1. The number of hydrogen-bond acceptors (Lipinski definition) is 6. The zero-order valence-electron chi connectivity index (χ0n) is 21.7. The van der Waals surface area contributed by atoms with E-state index in [0.717, 1.165) is 32.2 Å². The van der Waals surface area contributed by atoms with E-state index in [9.17, 15) is 28.1 Å². The molecule has 0 saturated carbocycles. The zero-order chi connectivity index (χ0) is 28.7. The molecule has 39 heavy (non-hydrogen) atoms. The van der Waals surface area contributed by atoms with E-state index in [2.05, 4.69) is 21.2 Å². The van der Waals surface area contributed by atoms with Gasteiger partial charge in [0, 0.05) is 36.6 Å². The topological polar surface area (TPSA) is 130 Å². The maximum absolute atomic E-state index is 13.9. The summed E-state index contributed by atoms with van der Waals surface area (Å²) in [7, 11) is -2.58. The molecule has 0 aliphatic heterocycles. The number of likely N-dealkylation sites (N-methyl/N-ethyl adjacent to an activating group) is 1.